The first-order chi connectivity index (χ1) is 11.0. The number of carbonyl (C=O) groups excluding carboxylic acids is 2. The normalized spacial score (nSPS) is 9.87. The number of pyridine rings is 1. The largest absolute Gasteiger partial charge is 0.495 e. The van der Waals surface area contributed by atoms with Crippen LogP contribution < -0.4 is 20.1 Å². The van der Waals surface area contributed by atoms with Crippen LogP contribution in [0.5, 0.6) is 11.6 Å². The minimum absolute atomic E-state index is 0.202. The quantitative estimate of drug-likeness (QED) is 0.883. The molecule has 0 spiro atoms. The summed E-state index contributed by atoms with van der Waals surface area (Å²) in [5, 5.41) is 5.38. The molecule has 2 N–H and O–H groups in total. The molecule has 23 heavy (non-hydrogen) atoms. The number of carbonyl (C=O) groups is 2. The van der Waals surface area contributed by atoms with Gasteiger partial charge in [-0.3, -0.25) is 9.59 Å². The molecule has 0 bridgehead atoms. The van der Waals surface area contributed by atoms with E-state index in [1.165, 1.54) is 27.3 Å². The maximum absolute atomic E-state index is 12.3. The molecule has 0 aliphatic heterocycles. The van der Waals surface area contributed by atoms with Crippen molar-refractivity contribution in [2.75, 3.05) is 24.9 Å². The molecule has 7 heteroatoms. The third kappa shape index (κ3) is 4.19. The summed E-state index contributed by atoms with van der Waals surface area (Å²) in [6.45, 7) is 1.41. The highest BCUT2D eigenvalue weighted by atomic mass is 16.5. The van der Waals surface area contributed by atoms with Crippen molar-refractivity contribution in [1.29, 1.82) is 0 Å². The van der Waals surface area contributed by atoms with Gasteiger partial charge in [0.15, 0.2) is 0 Å². The van der Waals surface area contributed by atoms with E-state index in [9.17, 15) is 9.59 Å². The van der Waals surface area contributed by atoms with Crippen LogP contribution in [0.2, 0.25) is 0 Å². The topological polar surface area (TPSA) is 89.6 Å². The van der Waals surface area contributed by atoms with Crippen LogP contribution in [0, 0.1) is 0 Å². The van der Waals surface area contributed by atoms with Gasteiger partial charge in [-0.1, -0.05) is 0 Å². The third-order valence-corrected chi connectivity index (χ3v) is 2.98. The van der Waals surface area contributed by atoms with E-state index < -0.39 is 0 Å². The molecule has 1 aromatic heterocycles. The second-order valence-electron chi connectivity index (χ2n) is 4.64. The molecule has 0 fully saturated rings. The predicted octanol–water partition coefficient (Wildman–Crippen LogP) is 2.31. The van der Waals surface area contributed by atoms with E-state index in [-0.39, 0.29) is 11.8 Å². The van der Waals surface area contributed by atoms with Crippen LogP contribution in [0.15, 0.2) is 36.5 Å². The Balaban J connectivity index is 2.22. The van der Waals surface area contributed by atoms with E-state index in [1.54, 1.807) is 30.3 Å². The predicted molar refractivity (Wildman–Crippen MR) is 86.0 cm³/mol. The molecular weight excluding hydrogens is 298 g/mol. The van der Waals surface area contributed by atoms with Crippen molar-refractivity contribution in [2.24, 2.45) is 0 Å². The first kappa shape index (κ1) is 16.3. The van der Waals surface area contributed by atoms with Gasteiger partial charge in [-0.25, -0.2) is 4.98 Å². The number of anilines is 2. The van der Waals surface area contributed by atoms with Crippen molar-refractivity contribution < 1.29 is 19.1 Å². The lowest BCUT2D eigenvalue weighted by Crippen LogP contribution is -2.14. The number of hydrogen-bond donors (Lipinski definition) is 2. The Morgan fingerprint density at radius 3 is 2.39 bits per heavy atom. The van der Waals surface area contributed by atoms with Crippen molar-refractivity contribution in [3.05, 3.63) is 42.1 Å². The average molecular weight is 315 g/mol. The highest BCUT2D eigenvalue weighted by Gasteiger charge is 2.11. The van der Waals surface area contributed by atoms with Gasteiger partial charge in [-0.05, 0) is 24.3 Å². The van der Waals surface area contributed by atoms with E-state index in [4.69, 9.17) is 9.47 Å². The van der Waals surface area contributed by atoms with Gasteiger partial charge in [-0.2, -0.15) is 0 Å². The van der Waals surface area contributed by atoms with Gasteiger partial charge >= 0.3 is 0 Å². The van der Waals surface area contributed by atoms with Gasteiger partial charge in [-0.15, -0.1) is 0 Å². The summed E-state index contributed by atoms with van der Waals surface area (Å²) in [5.74, 6) is 0.353. The zero-order valence-corrected chi connectivity index (χ0v) is 13.0. The summed E-state index contributed by atoms with van der Waals surface area (Å²) in [4.78, 5) is 27.4. The first-order valence-corrected chi connectivity index (χ1v) is 6.80. The Bertz CT molecular complexity index is 714. The summed E-state index contributed by atoms with van der Waals surface area (Å²) >= 11 is 0. The second kappa shape index (κ2) is 7.26. The zero-order chi connectivity index (χ0) is 16.8. The highest BCUT2D eigenvalue weighted by Crippen LogP contribution is 2.28. The van der Waals surface area contributed by atoms with Crippen LogP contribution in [0.25, 0.3) is 0 Å². The highest BCUT2D eigenvalue weighted by molar-refractivity contribution is 6.05. The molecular formula is C16H17N3O4. The maximum Gasteiger partial charge on any atom is 0.257 e. The molecule has 2 rings (SSSR count). The fourth-order valence-corrected chi connectivity index (χ4v) is 1.92. The zero-order valence-electron chi connectivity index (χ0n) is 13.0. The van der Waals surface area contributed by atoms with Gasteiger partial charge in [0.2, 0.25) is 11.8 Å². The number of hydrogen-bond acceptors (Lipinski definition) is 5. The van der Waals surface area contributed by atoms with Gasteiger partial charge in [0, 0.05) is 24.9 Å². The van der Waals surface area contributed by atoms with Crippen LogP contribution in [0.1, 0.15) is 17.3 Å². The molecule has 0 unspecified atom stereocenters. The van der Waals surface area contributed by atoms with E-state index in [0.717, 1.165) is 0 Å². The molecule has 7 nitrogen and oxygen atoms in total. The van der Waals surface area contributed by atoms with Gasteiger partial charge in [0.1, 0.15) is 5.75 Å². The van der Waals surface area contributed by atoms with Crippen molar-refractivity contribution in [3.63, 3.8) is 0 Å². The molecule has 0 radical (unpaired) electrons. The van der Waals surface area contributed by atoms with E-state index in [0.29, 0.717) is 28.6 Å². The van der Waals surface area contributed by atoms with Gasteiger partial charge in [0.05, 0.1) is 25.5 Å². The number of ether oxygens (including phenoxy) is 2. The lowest BCUT2D eigenvalue weighted by Gasteiger charge is -2.12. The monoisotopic (exact) mass is 315 g/mol. The van der Waals surface area contributed by atoms with Crippen LogP contribution in [0.3, 0.4) is 0 Å². The Kier molecular flexibility index (Phi) is 5.14. The fourth-order valence-electron chi connectivity index (χ4n) is 1.92. The standard InChI is InChI=1S/C16H17N3O4/c1-10(20)18-12-5-6-14(22-2)13(8-12)19-16(21)11-4-7-15(23-3)17-9-11/h4-9H,1-3H3,(H,18,20)(H,19,21). The Morgan fingerprint density at radius 2 is 1.83 bits per heavy atom. The van der Waals surface area contributed by atoms with E-state index in [2.05, 4.69) is 15.6 Å². The van der Waals surface area contributed by atoms with Crippen LogP contribution in [-0.4, -0.2) is 31.0 Å². The molecule has 1 heterocycles. The molecule has 0 saturated carbocycles. The molecule has 2 aromatic rings. The second-order valence-corrected chi connectivity index (χ2v) is 4.64. The summed E-state index contributed by atoms with van der Waals surface area (Å²) in [6, 6.07) is 8.16. The van der Waals surface area contributed by atoms with Gasteiger partial charge < -0.3 is 20.1 Å². The lowest BCUT2D eigenvalue weighted by atomic mass is 10.2. The third-order valence-electron chi connectivity index (χ3n) is 2.98. The molecule has 1 aromatic carbocycles. The average Bonchev–Trinajstić information content (AvgIpc) is 2.54. The van der Waals surface area contributed by atoms with Crippen molar-refractivity contribution in [3.8, 4) is 11.6 Å². The summed E-state index contributed by atoms with van der Waals surface area (Å²) in [5.41, 5.74) is 1.37. The van der Waals surface area contributed by atoms with E-state index >= 15 is 0 Å². The number of rotatable bonds is 5. The number of benzene rings is 1. The van der Waals surface area contributed by atoms with Crippen LogP contribution >= 0.6 is 0 Å². The smallest absolute Gasteiger partial charge is 0.257 e. The minimum Gasteiger partial charge on any atom is -0.495 e. The van der Waals surface area contributed by atoms with Gasteiger partial charge in [0.25, 0.3) is 5.91 Å². The number of nitrogens with one attached hydrogen (secondary N) is 2. The Morgan fingerprint density at radius 1 is 1.04 bits per heavy atom. The first-order valence-electron chi connectivity index (χ1n) is 6.80. The fraction of sp³-hybridized carbons (Fsp3) is 0.188. The van der Waals surface area contributed by atoms with Crippen LogP contribution in [0.4, 0.5) is 11.4 Å². The van der Waals surface area contributed by atoms with Crippen molar-refractivity contribution in [2.45, 2.75) is 6.92 Å². The van der Waals surface area contributed by atoms with Crippen LogP contribution in [-0.2, 0) is 4.79 Å². The molecule has 0 atom stereocenters. The number of methoxy groups -OCH3 is 2. The SMILES string of the molecule is COc1ccc(C(=O)Nc2cc(NC(C)=O)ccc2OC)cn1. The number of nitrogens with zero attached hydrogens (tertiary/aromatic N) is 1. The lowest BCUT2D eigenvalue weighted by molar-refractivity contribution is -0.114. The summed E-state index contributed by atoms with van der Waals surface area (Å²) < 4.78 is 10.2. The molecule has 2 amide bonds. The number of aromatic nitrogens is 1. The molecule has 120 valence electrons. The maximum atomic E-state index is 12.3. The molecule has 0 saturated heterocycles. The number of amides is 2. The summed E-state index contributed by atoms with van der Waals surface area (Å²) in [6.07, 6.45) is 1.41. The van der Waals surface area contributed by atoms with Crippen molar-refractivity contribution in [1.82, 2.24) is 4.98 Å². The van der Waals surface area contributed by atoms with Crippen molar-refractivity contribution >= 4 is 23.2 Å². The summed E-state index contributed by atoms with van der Waals surface area (Å²) in [7, 11) is 3.00. The minimum atomic E-state index is -0.349. The molecule has 0 aliphatic carbocycles. The Labute approximate surface area is 133 Å². The van der Waals surface area contributed by atoms with E-state index in [1.807, 2.05) is 0 Å². The molecule has 0 aliphatic rings. The Hall–Kier alpha value is -3.09.